The van der Waals surface area contributed by atoms with Crippen LogP contribution in [0, 0.1) is 5.92 Å². The van der Waals surface area contributed by atoms with Gasteiger partial charge in [0.15, 0.2) is 5.96 Å². The summed E-state index contributed by atoms with van der Waals surface area (Å²) in [6, 6.07) is 10.4. The Hall–Kier alpha value is -1.19. The van der Waals surface area contributed by atoms with Gasteiger partial charge < -0.3 is 10.2 Å². The smallest absolute Gasteiger partial charge is 0.193 e. The minimum absolute atomic E-state index is 0. The van der Waals surface area contributed by atoms with Crippen LogP contribution in [0.1, 0.15) is 36.0 Å². The quantitative estimate of drug-likeness (QED) is 0.333. The van der Waals surface area contributed by atoms with E-state index in [0.717, 1.165) is 38.6 Å². The van der Waals surface area contributed by atoms with Crippen molar-refractivity contribution in [2.75, 3.05) is 33.7 Å². The molecule has 1 aliphatic rings. The molecule has 5 nitrogen and oxygen atoms in total. The van der Waals surface area contributed by atoms with E-state index in [1.807, 2.05) is 6.07 Å². The Kier molecular flexibility index (Phi) is 10.4. The molecule has 7 heteroatoms. The number of nitrogens with zero attached hydrogens (tertiary/aromatic N) is 4. The molecule has 2 aromatic rings. The first kappa shape index (κ1) is 24.1. The number of thiazole rings is 1. The van der Waals surface area contributed by atoms with Crippen molar-refractivity contribution in [3.05, 3.63) is 52.0 Å². The van der Waals surface area contributed by atoms with Crippen LogP contribution in [0.2, 0.25) is 0 Å². The van der Waals surface area contributed by atoms with Crippen molar-refractivity contribution in [1.82, 2.24) is 20.1 Å². The molecule has 0 unspecified atom stereocenters. The average Bonchev–Trinajstić information content (AvgIpc) is 3.17. The third-order valence-electron chi connectivity index (χ3n) is 5.22. The number of likely N-dealkylation sites (tertiary alicyclic amines) is 1. The Morgan fingerprint density at radius 2 is 1.97 bits per heavy atom. The van der Waals surface area contributed by atoms with Gasteiger partial charge in [-0.1, -0.05) is 37.3 Å². The highest BCUT2D eigenvalue weighted by Crippen LogP contribution is 2.19. The van der Waals surface area contributed by atoms with Crippen LogP contribution >= 0.6 is 35.3 Å². The van der Waals surface area contributed by atoms with Crippen LogP contribution in [-0.2, 0) is 19.5 Å². The van der Waals surface area contributed by atoms with E-state index >= 15 is 0 Å². The normalized spacial score (nSPS) is 15.8. The van der Waals surface area contributed by atoms with Crippen LogP contribution in [0.5, 0.6) is 0 Å². The standard InChI is InChI=1S/C22H33N5S.HI/c1-4-21-25-20(17-28-21)16-27-12-10-19(11-13-27)15-24-22(26(2)3)23-14-18-8-6-5-7-9-18;/h5-9,17,19H,4,10-16H2,1-3H3,(H,23,24);1H. The summed E-state index contributed by atoms with van der Waals surface area (Å²) in [5.41, 5.74) is 2.48. The molecule has 0 bridgehead atoms. The summed E-state index contributed by atoms with van der Waals surface area (Å²) in [5, 5.41) is 7.05. The number of nitrogens with one attached hydrogen (secondary N) is 1. The van der Waals surface area contributed by atoms with Gasteiger partial charge in [0, 0.05) is 32.6 Å². The van der Waals surface area contributed by atoms with Gasteiger partial charge in [-0.05, 0) is 43.8 Å². The van der Waals surface area contributed by atoms with E-state index in [-0.39, 0.29) is 24.0 Å². The first-order valence-corrected chi connectivity index (χ1v) is 11.2. The van der Waals surface area contributed by atoms with Gasteiger partial charge in [-0.15, -0.1) is 35.3 Å². The highest BCUT2D eigenvalue weighted by Gasteiger charge is 2.20. The second-order valence-electron chi connectivity index (χ2n) is 7.71. The fourth-order valence-electron chi connectivity index (χ4n) is 3.50. The lowest BCUT2D eigenvalue weighted by molar-refractivity contribution is 0.176. The first-order chi connectivity index (χ1) is 13.6. The van der Waals surface area contributed by atoms with E-state index < -0.39 is 0 Å². The van der Waals surface area contributed by atoms with Gasteiger partial charge in [0.2, 0.25) is 0 Å². The number of aliphatic imine (C=N–C) groups is 1. The van der Waals surface area contributed by atoms with Crippen LogP contribution in [0.3, 0.4) is 0 Å². The third-order valence-corrected chi connectivity index (χ3v) is 6.26. The zero-order chi connectivity index (χ0) is 19.8. The Morgan fingerprint density at radius 3 is 2.59 bits per heavy atom. The minimum atomic E-state index is 0. The van der Waals surface area contributed by atoms with E-state index in [2.05, 4.69) is 65.8 Å². The zero-order valence-electron chi connectivity index (χ0n) is 17.8. The number of aromatic nitrogens is 1. The van der Waals surface area contributed by atoms with Crippen LogP contribution in [0.4, 0.5) is 0 Å². The van der Waals surface area contributed by atoms with Gasteiger partial charge >= 0.3 is 0 Å². The molecular weight excluding hydrogens is 493 g/mol. The number of piperidine rings is 1. The molecule has 0 aliphatic carbocycles. The maximum atomic E-state index is 4.77. The topological polar surface area (TPSA) is 43.8 Å². The predicted molar refractivity (Wildman–Crippen MR) is 134 cm³/mol. The predicted octanol–water partition coefficient (Wildman–Crippen LogP) is 4.24. The molecule has 0 amide bonds. The molecule has 29 heavy (non-hydrogen) atoms. The van der Waals surface area contributed by atoms with Gasteiger partial charge in [-0.3, -0.25) is 4.90 Å². The maximum Gasteiger partial charge on any atom is 0.193 e. The number of benzene rings is 1. The Morgan fingerprint density at radius 1 is 1.24 bits per heavy atom. The number of hydrogen-bond acceptors (Lipinski definition) is 4. The van der Waals surface area contributed by atoms with Crippen molar-refractivity contribution < 1.29 is 0 Å². The van der Waals surface area contributed by atoms with Crippen molar-refractivity contribution >= 4 is 41.3 Å². The van der Waals surface area contributed by atoms with E-state index in [1.54, 1.807) is 11.3 Å². The van der Waals surface area contributed by atoms with Gasteiger partial charge in [0.05, 0.1) is 17.2 Å². The molecule has 0 spiro atoms. The second-order valence-corrected chi connectivity index (χ2v) is 8.65. The van der Waals surface area contributed by atoms with Crippen LogP contribution in [0.15, 0.2) is 40.7 Å². The Bertz CT molecular complexity index is 739. The molecular formula is C22H34IN5S. The monoisotopic (exact) mass is 527 g/mol. The van der Waals surface area contributed by atoms with E-state index in [0.29, 0.717) is 12.5 Å². The van der Waals surface area contributed by atoms with Gasteiger partial charge in [-0.25, -0.2) is 9.98 Å². The fraction of sp³-hybridized carbons (Fsp3) is 0.545. The highest BCUT2D eigenvalue weighted by atomic mass is 127. The molecule has 1 aliphatic heterocycles. The molecule has 1 aromatic carbocycles. The summed E-state index contributed by atoms with van der Waals surface area (Å²) in [6.45, 7) is 7.20. The molecule has 1 fully saturated rings. The fourth-order valence-corrected chi connectivity index (χ4v) is 4.24. The lowest BCUT2D eigenvalue weighted by atomic mass is 9.97. The minimum Gasteiger partial charge on any atom is -0.356 e. The van der Waals surface area contributed by atoms with Crippen LogP contribution in [0.25, 0.3) is 0 Å². The number of rotatable bonds is 7. The van der Waals surface area contributed by atoms with Crippen LogP contribution < -0.4 is 5.32 Å². The lowest BCUT2D eigenvalue weighted by Gasteiger charge is -2.32. The highest BCUT2D eigenvalue weighted by molar-refractivity contribution is 14.0. The van der Waals surface area contributed by atoms with Gasteiger partial charge in [0.1, 0.15) is 0 Å². The summed E-state index contributed by atoms with van der Waals surface area (Å²) >= 11 is 1.79. The maximum absolute atomic E-state index is 4.77. The summed E-state index contributed by atoms with van der Waals surface area (Å²) < 4.78 is 0. The number of hydrogen-bond donors (Lipinski definition) is 1. The number of guanidine groups is 1. The molecule has 160 valence electrons. The molecule has 1 saturated heterocycles. The van der Waals surface area contributed by atoms with Crippen molar-refractivity contribution in [1.29, 1.82) is 0 Å². The van der Waals surface area contributed by atoms with Crippen molar-refractivity contribution in [2.24, 2.45) is 10.9 Å². The van der Waals surface area contributed by atoms with Crippen molar-refractivity contribution in [3.63, 3.8) is 0 Å². The number of aryl methyl sites for hydroxylation is 1. The molecule has 0 saturated carbocycles. The second kappa shape index (κ2) is 12.5. The van der Waals surface area contributed by atoms with Crippen LogP contribution in [-0.4, -0.2) is 54.5 Å². The summed E-state index contributed by atoms with van der Waals surface area (Å²) in [7, 11) is 4.11. The van der Waals surface area contributed by atoms with E-state index in [9.17, 15) is 0 Å². The van der Waals surface area contributed by atoms with E-state index in [4.69, 9.17) is 9.98 Å². The van der Waals surface area contributed by atoms with Gasteiger partial charge in [-0.2, -0.15) is 0 Å². The molecule has 3 rings (SSSR count). The zero-order valence-corrected chi connectivity index (χ0v) is 21.0. The van der Waals surface area contributed by atoms with Crippen molar-refractivity contribution in [2.45, 2.75) is 39.3 Å². The summed E-state index contributed by atoms with van der Waals surface area (Å²) in [6.07, 6.45) is 3.51. The average molecular weight is 528 g/mol. The van der Waals surface area contributed by atoms with E-state index in [1.165, 1.54) is 29.1 Å². The number of halogens is 1. The summed E-state index contributed by atoms with van der Waals surface area (Å²) in [5.74, 6) is 1.68. The largest absolute Gasteiger partial charge is 0.356 e. The van der Waals surface area contributed by atoms with Crippen molar-refractivity contribution in [3.8, 4) is 0 Å². The van der Waals surface area contributed by atoms with Gasteiger partial charge in [0.25, 0.3) is 0 Å². The SMILES string of the molecule is CCc1nc(CN2CCC(CNC(=NCc3ccccc3)N(C)C)CC2)cs1.I. The molecule has 0 atom stereocenters. The third kappa shape index (κ3) is 7.86. The Balaban J connectivity index is 0.00000300. The molecule has 0 radical (unpaired) electrons. The summed E-state index contributed by atoms with van der Waals surface area (Å²) in [4.78, 5) is 14.1. The molecule has 1 N–H and O–H groups in total. The lowest BCUT2D eigenvalue weighted by Crippen LogP contribution is -2.42. The Labute approximate surface area is 196 Å². The first-order valence-electron chi connectivity index (χ1n) is 10.3. The molecule has 2 heterocycles. The molecule has 1 aromatic heterocycles.